The third kappa shape index (κ3) is 4.31. The van der Waals surface area contributed by atoms with Crippen molar-refractivity contribution >= 4 is 17.3 Å². The van der Waals surface area contributed by atoms with Gasteiger partial charge < -0.3 is 29.7 Å². The largest absolute Gasteiger partial charge is 0.496 e. The van der Waals surface area contributed by atoms with E-state index < -0.39 is 17.7 Å². The summed E-state index contributed by atoms with van der Waals surface area (Å²) in [5, 5.41) is 30.0. The summed E-state index contributed by atoms with van der Waals surface area (Å²) >= 11 is 5.92. The lowest BCUT2D eigenvalue weighted by atomic mass is 9.89. The SMILES string of the molecule is COc1cc2c(cc1Cc1cccc(Cl)c1F)C(OC)C(C(C)(O)O)=CN2CCO. The van der Waals surface area contributed by atoms with Crippen molar-refractivity contribution in [3.8, 4) is 5.75 Å². The van der Waals surface area contributed by atoms with E-state index >= 15 is 0 Å². The molecule has 0 spiro atoms. The Morgan fingerprint density at radius 3 is 2.53 bits per heavy atom. The van der Waals surface area contributed by atoms with Crippen molar-refractivity contribution in [1.82, 2.24) is 0 Å². The van der Waals surface area contributed by atoms with Gasteiger partial charge in [0.25, 0.3) is 0 Å². The first-order valence-corrected chi connectivity index (χ1v) is 9.80. The Labute approximate surface area is 179 Å². The molecule has 1 heterocycles. The summed E-state index contributed by atoms with van der Waals surface area (Å²) in [5.74, 6) is -2.10. The number of halogens is 2. The van der Waals surface area contributed by atoms with Gasteiger partial charge in [0.05, 0.1) is 24.4 Å². The van der Waals surface area contributed by atoms with Crippen LogP contribution in [0.5, 0.6) is 5.75 Å². The first kappa shape index (κ1) is 22.5. The average Bonchev–Trinajstić information content (AvgIpc) is 2.70. The molecule has 0 saturated carbocycles. The minimum Gasteiger partial charge on any atom is -0.496 e. The number of benzene rings is 2. The van der Waals surface area contributed by atoms with Crippen molar-refractivity contribution in [2.75, 3.05) is 32.3 Å². The zero-order valence-electron chi connectivity index (χ0n) is 17.0. The molecule has 0 radical (unpaired) electrons. The van der Waals surface area contributed by atoms with E-state index in [-0.39, 0.29) is 30.2 Å². The fraction of sp³-hybridized carbons (Fsp3) is 0.364. The second-order valence-corrected chi connectivity index (χ2v) is 7.66. The molecule has 162 valence electrons. The van der Waals surface area contributed by atoms with E-state index in [0.29, 0.717) is 28.1 Å². The number of methoxy groups -OCH3 is 2. The highest BCUT2D eigenvalue weighted by Gasteiger charge is 2.37. The van der Waals surface area contributed by atoms with Gasteiger partial charge in [0.2, 0.25) is 0 Å². The Bertz CT molecular complexity index is 957. The zero-order valence-corrected chi connectivity index (χ0v) is 17.8. The minimum atomic E-state index is -2.13. The van der Waals surface area contributed by atoms with E-state index in [0.717, 1.165) is 0 Å². The van der Waals surface area contributed by atoms with Crippen LogP contribution in [0, 0.1) is 5.82 Å². The summed E-state index contributed by atoms with van der Waals surface area (Å²) in [6.45, 7) is 1.33. The molecule has 2 aromatic carbocycles. The molecule has 8 heteroatoms. The number of anilines is 1. The van der Waals surface area contributed by atoms with Crippen LogP contribution in [-0.2, 0) is 11.2 Å². The molecular weight excluding hydrogens is 413 g/mol. The molecule has 0 aromatic heterocycles. The highest BCUT2D eigenvalue weighted by Crippen LogP contribution is 2.44. The minimum absolute atomic E-state index is 0.0369. The van der Waals surface area contributed by atoms with Crippen molar-refractivity contribution in [3.05, 3.63) is 69.6 Å². The van der Waals surface area contributed by atoms with Gasteiger partial charge in [-0.3, -0.25) is 0 Å². The summed E-state index contributed by atoms with van der Waals surface area (Å²) in [6.07, 6.45) is 1.03. The van der Waals surface area contributed by atoms with Gasteiger partial charge in [-0.25, -0.2) is 4.39 Å². The lowest BCUT2D eigenvalue weighted by Gasteiger charge is -2.37. The number of ether oxygens (including phenoxy) is 2. The number of fused-ring (bicyclic) bond motifs is 1. The lowest BCUT2D eigenvalue weighted by molar-refractivity contribution is -0.126. The fourth-order valence-corrected chi connectivity index (χ4v) is 3.89. The van der Waals surface area contributed by atoms with Crippen LogP contribution in [0.15, 0.2) is 42.1 Å². The van der Waals surface area contributed by atoms with Crippen LogP contribution in [-0.4, -0.2) is 48.5 Å². The van der Waals surface area contributed by atoms with E-state index in [4.69, 9.17) is 21.1 Å². The first-order chi connectivity index (χ1) is 14.2. The van der Waals surface area contributed by atoms with Gasteiger partial charge >= 0.3 is 0 Å². The maximum Gasteiger partial charge on any atom is 0.187 e. The van der Waals surface area contributed by atoms with Crippen molar-refractivity contribution in [3.63, 3.8) is 0 Å². The molecule has 1 unspecified atom stereocenters. The molecule has 0 amide bonds. The van der Waals surface area contributed by atoms with Crippen molar-refractivity contribution < 1.29 is 29.2 Å². The number of nitrogens with zero attached hydrogens (tertiary/aromatic N) is 1. The molecule has 1 aliphatic heterocycles. The molecule has 0 fully saturated rings. The van der Waals surface area contributed by atoms with Crippen molar-refractivity contribution in [2.24, 2.45) is 0 Å². The summed E-state index contributed by atoms with van der Waals surface area (Å²) in [7, 11) is 2.99. The topological polar surface area (TPSA) is 82.4 Å². The molecule has 1 atom stereocenters. The van der Waals surface area contributed by atoms with Gasteiger partial charge in [0, 0.05) is 43.5 Å². The fourth-order valence-electron chi connectivity index (χ4n) is 3.70. The van der Waals surface area contributed by atoms with Gasteiger partial charge in [-0.15, -0.1) is 0 Å². The number of aliphatic hydroxyl groups excluding tert-OH is 1. The van der Waals surface area contributed by atoms with Crippen molar-refractivity contribution in [2.45, 2.75) is 25.2 Å². The molecular formula is C22H25ClFNO5. The average molecular weight is 438 g/mol. The highest BCUT2D eigenvalue weighted by molar-refractivity contribution is 6.30. The van der Waals surface area contributed by atoms with E-state index in [2.05, 4.69) is 0 Å². The maximum absolute atomic E-state index is 14.5. The van der Waals surface area contributed by atoms with Gasteiger partial charge in [0.1, 0.15) is 17.7 Å². The third-order valence-corrected chi connectivity index (χ3v) is 5.43. The molecule has 2 aromatic rings. The van der Waals surface area contributed by atoms with Crippen LogP contribution < -0.4 is 9.64 Å². The second-order valence-electron chi connectivity index (χ2n) is 7.25. The quantitative estimate of drug-likeness (QED) is 0.577. The summed E-state index contributed by atoms with van der Waals surface area (Å²) < 4.78 is 25.6. The third-order valence-electron chi connectivity index (χ3n) is 5.13. The van der Waals surface area contributed by atoms with Crippen LogP contribution in [0.25, 0.3) is 0 Å². The van der Waals surface area contributed by atoms with E-state index in [1.807, 2.05) is 0 Å². The van der Waals surface area contributed by atoms with Crippen LogP contribution >= 0.6 is 11.6 Å². The van der Waals surface area contributed by atoms with Crippen LogP contribution in [0.3, 0.4) is 0 Å². The smallest absolute Gasteiger partial charge is 0.187 e. The predicted molar refractivity (Wildman–Crippen MR) is 112 cm³/mol. The van der Waals surface area contributed by atoms with Gasteiger partial charge in [-0.1, -0.05) is 23.7 Å². The molecule has 3 N–H and O–H groups in total. The Morgan fingerprint density at radius 2 is 1.93 bits per heavy atom. The molecule has 6 nitrogen and oxygen atoms in total. The lowest BCUT2D eigenvalue weighted by Crippen LogP contribution is -2.37. The summed E-state index contributed by atoms with van der Waals surface area (Å²) in [4.78, 5) is 1.71. The summed E-state index contributed by atoms with van der Waals surface area (Å²) in [5.41, 5.74) is 2.65. The number of hydrogen-bond acceptors (Lipinski definition) is 6. The Hall–Kier alpha value is -2.16. The Morgan fingerprint density at radius 1 is 1.20 bits per heavy atom. The van der Waals surface area contributed by atoms with Crippen LogP contribution in [0.4, 0.5) is 10.1 Å². The Balaban J connectivity index is 2.15. The standard InChI is InChI=1S/C22H25ClFNO5/c1-22(27,28)16-12-25(7-8-26)18-11-19(29-2)14(10-15(18)21(16)30-3)9-13-5-4-6-17(23)20(13)24/h4-6,10-12,21,26-28H,7-9H2,1-3H3. The monoisotopic (exact) mass is 437 g/mol. The van der Waals surface area contributed by atoms with Crippen molar-refractivity contribution in [1.29, 1.82) is 0 Å². The van der Waals surface area contributed by atoms with E-state index in [1.165, 1.54) is 27.2 Å². The van der Waals surface area contributed by atoms with E-state index in [1.54, 1.807) is 35.4 Å². The Kier molecular flexibility index (Phi) is 6.69. The molecule has 3 rings (SSSR count). The number of hydrogen-bond donors (Lipinski definition) is 3. The second kappa shape index (κ2) is 8.91. The number of rotatable bonds is 7. The van der Waals surface area contributed by atoms with Gasteiger partial charge in [-0.2, -0.15) is 0 Å². The first-order valence-electron chi connectivity index (χ1n) is 9.42. The number of aliphatic hydroxyl groups is 3. The van der Waals surface area contributed by atoms with Gasteiger partial charge in [-0.05, 0) is 30.2 Å². The molecule has 0 aliphatic carbocycles. The number of β-amino-alcohol motifs (C(OH)–C–C–N with tert-alkyl or cyclic N) is 1. The summed E-state index contributed by atoms with van der Waals surface area (Å²) in [6, 6.07) is 8.38. The highest BCUT2D eigenvalue weighted by atomic mass is 35.5. The molecule has 0 saturated heterocycles. The van der Waals surface area contributed by atoms with E-state index in [9.17, 15) is 19.7 Å². The molecule has 30 heavy (non-hydrogen) atoms. The van der Waals surface area contributed by atoms with Gasteiger partial charge in [0.15, 0.2) is 5.79 Å². The molecule has 1 aliphatic rings. The predicted octanol–water partition coefficient (Wildman–Crippen LogP) is 3.16. The molecule has 0 bridgehead atoms. The van der Waals surface area contributed by atoms with Crippen LogP contribution in [0.2, 0.25) is 5.02 Å². The van der Waals surface area contributed by atoms with Crippen LogP contribution in [0.1, 0.15) is 29.7 Å². The normalized spacial score (nSPS) is 16.3. The maximum atomic E-state index is 14.5. The zero-order chi connectivity index (χ0) is 22.1.